The second-order valence-electron chi connectivity index (χ2n) is 6.98. The van der Waals surface area contributed by atoms with Crippen molar-refractivity contribution in [3.8, 4) is 0 Å². The summed E-state index contributed by atoms with van der Waals surface area (Å²) in [7, 11) is 4.36. The Bertz CT molecular complexity index is 322. The Morgan fingerprint density at radius 1 is 1.35 bits per heavy atom. The number of nitrogens with one attached hydrogen (secondary N) is 1. The van der Waals surface area contributed by atoms with Crippen LogP contribution in [0.1, 0.15) is 52.4 Å². The SMILES string of the molecule is CN(C)C1(CNCCCCC(C)(C)C(N)=NO)CCC1. The van der Waals surface area contributed by atoms with Crippen LogP contribution in [-0.2, 0) is 0 Å². The van der Waals surface area contributed by atoms with E-state index in [-0.39, 0.29) is 5.41 Å². The van der Waals surface area contributed by atoms with Gasteiger partial charge >= 0.3 is 0 Å². The lowest BCUT2D eigenvalue weighted by molar-refractivity contribution is 0.0602. The largest absolute Gasteiger partial charge is 0.409 e. The molecule has 0 atom stereocenters. The molecule has 1 rings (SSSR count). The third kappa shape index (κ3) is 4.35. The summed E-state index contributed by atoms with van der Waals surface area (Å²) >= 11 is 0. The monoisotopic (exact) mass is 284 g/mol. The minimum atomic E-state index is -0.215. The van der Waals surface area contributed by atoms with Crippen LogP contribution in [0.15, 0.2) is 5.16 Å². The van der Waals surface area contributed by atoms with Crippen molar-refractivity contribution in [2.45, 2.75) is 57.9 Å². The fraction of sp³-hybridized carbons (Fsp3) is 0.933. The lowest BCUT2D eigenvalue weighted by Crippen LogP contribution is -2.56. The molecule has 0 aromatic heterocycles. The van der Waals surface area contributed by atoms with Crippen molar-refractivity contribution in [2.24, 2.45) is 16.3 Å². The summed E-state index contributed by atoms with van der Waals surface area (Å²) in [6, 6.07) is 0. The van der Waals surface area contributed by atoms with Crippen molar-refractivity contribution in [3.63, 3.8) is 0 Å². The molecular weight excluding hydrogens is 252 g/mol. The molecule has 0 aliphatic heterocycles. The number of rotatable bonds is 9. The van der Waals surface area contributed by atoms with Gasteiger partial charge in [-0.2, -0.15) is 0 Å². The van der Waals surface area contributed by atoms with Crippen LogP contribution >= 0.6 is 0 Å². The van der Waals surface area contributed by atoms with Gasteiger partial charge in [0.05, 0.1) is 0 Å². The Morgan fingerprint density at radius 3 is 2.45 bits per heavy atom. The topological polar surface area (TPSA) is 73.9 Å². The minimum Gasteiger partial charge on any atom is -0.409 e. The Hall–Kier alpha value is -0.810. The first-order valence-corrected chi connectivity index (χ1v) is 7.70. The van der Waals surface area contributed by atoms with E-state index in [2.05, 4.69) is 29.5 Å². The van der Waals surface area contributed by atoms with Crippen molar-refractivity contribution >= 4 is 5.84 Å². The molecule has 1 saturated carbocycles. The molecule has 0 spiro atoms. The number of unbranched alkanes of at least 4 members (excludes halogenated alkanes) is 1. The van der Waals surface area contributed by atoms with E-state index in [1.807, 2.05) is 13.8 Å². The van der Waals surface area contributed by atoms with E-state index in [0.29, 0.717) is 11.4 Å². The average molecular weight is 284 g/mol. The lowest BCUT2D eigenvalue weighted by Gasteiger charge is -2.47. The fourth-order valence-corrected chi connectivity index (χ4v) is 2.77. The van der Waals surface area contributed by atoms with E-state index in [1.54, 1.807) is 0 Å². The van der Waals surface area contributed by atoms with Crippen molar-refractivity contribution < 1.29 is 5.21 Å². The van der Waals surface area contributed by atoms with E-state index >= 15 is 0 Å². The van der Waals surface area contributed by atoms with Gasteiger partial charge in [0.2, 0.25) is 0 Å². The molecule has 0 unspecified atom stereocenters. The maximum atomic E-state index is 8.73. The third-order valence-corrected chi connectivity index (χ3v) is 4.89. The second-order valence-corrected chi connectivity index (χ2v) is 6.98. The van der Waals surface area contributed by atoms with Gasteiger partial charge in [0.15, 0.2) is 0 Å². The van der Waals surface area contributed by atoms with Crippen molar-refractivity contribution in [1.29, 1.82) is 0 Å². The number of likely N-dealkylation sites (N-methyl/N-ethyl adjacent to an activating group) is 1. The quantitative estimate of drug-likeness (QED) is 0.199. The van der Waals surface area contributed by atoms with E-state index < -0.39 is 0 Å². The summed E-state index contributed by atoms with van der Waals surface area (Å²) in [5.41, 5.74) is 5.87. The van der Waals surface area contributed by atoms with Crippen LogP contribution in [0.5, 0.6) is 0 Å². The number of hydrogen-bond acceptors (Lipinski definition) is 4. The van der Waals surface area contributed by atoms with Crippen LogP contribution in [0, 0.1) is 5.41 Å². The normalized spacial score (nSPS) is 19.1. The number of nitrogens with zero attached hydrogens (tertiary/aromatic N) is 2. The molecule has 0 amide bonds. The first-order valence-electron chi connectivity index (χ1n) is 7.70. The predicted molar refractivity (Wildman–Crippen MR) is 84.2 cm³/mol. The first-order chi connectivity index (χ1) is 9.34. The third-order valence-electron chi connectivity index (χ3n) is 4.89. The first kappa shape index (κ1) is 17.2. The standard InChI is InChI=1S/C15H32N4O/c1-14(2,13(16)18-20)8-5-6-11-17-12-15(19(3)4)9-7-10-15/h17,20H,5-12H2,1-4H3,(H2,16,18). The molecule has 0 bridgehead atoms. The maximum absolute atomic E-state index is 8.73. The zero-order valence-corrected chi connectivity index (χ0v) is 13.6. The summed E-state index contributed by atoms with van der Waals surface area (Å²) in [5, 5.41) is 15.4. The Kier molecular flexibility index (Phi) is 6.27. The van der Waals surface area contributed by atoms with Gasteiger partial charge in [0, 0.05) is 17.5 Å². The molecule has 0 aromatic carbocycles. The summed E-state index contributed by atoms with van der Waals surface area (Å²) in [4.78, 5) is 2.37. The summed E-state index contributed by atoms with van der Waals surface area (Å²) in [5.74, 6) is 0.325. The van der Waals surface area contributed by atoms with E-state index in [1.165, 1.54) is 19.3 Å². The summed E-state index contributed by atoms with van der Waals surface area (Å²) < 4.78 is 0. The average Bonchev–Trinajstić information content (AvgIpc) is 2.34. The number of nitrogens with two attached hydrogens (primary N) is 1. The molecule has 0 heterocycles. The number of oxime groups is 1. The molecule has 1 aliphatic carbocycles. The molecular formula is C15H32N4O. The molecule has 4 N–H and O–H groups in total. The predicted octanol–water partition coefficient (Wildman–Crippen LogP) is 2.00. The highest BCUT2D eigenvalue weighted by Gasteiger charge is 2.38. The molecule has 1 fully saturated rings. The van der Waals surface area contributed by atoms with Crippen LogP contribution in [0.4, 0.5) is 0 Å². The highest BCUT2D eigenvalue weighted by atomic mass is 16.4. The van der Waals surface area contributed by atoms with Gasteiger partial charge in [-0.1, -0.05) is 25.4 Å². The maximum Gasteiger partial charge on any atom is 0.144 e. The number of amidine groups is 1. The Morgan fingerprint density at radius 2 is 2.00 bits per heavy atom. The molecule has 1 aliphatic rings. The molecule has 5 nitrogen and oxygen atoms in total. The van der Waals surface area contributed by atoms with Crippen LogP contribution in [-0.4, -0.2) is 48.7 Å². The highest BCUT2D eigenvalue weighted by Crippen LogP contribution is 2.35. The fourth-order valence-electron chi connectivity index (χ4n) is 2.77. The van der Waals surface area contributed by atoms with Gasteiger partial charge in [0.25, 0.3) is 0 Å². The molecule has 5 heteroatoms. The van der Waals surface area contributed by atoms with Gasteiger partial charge in [-0.3, -0.25) is 0 Å². The molecule has 0 aromatic rings. The van der Waals surface area contributed by atoms with Crippen LogP contribution in [0.3, 0.4) is 0 Å². The van der Waals surface area contributed by atoms with Crippen molar-refractivity contribution in [1.82, 2.24) is 10.2 Å². The Labute approximate surface area is 123 Å². The second kappa shape index (κ2) is 7.27. The summed E-state index contributed by atoms with van der Waals surface area (Å²) in [6.45, 7) is 6.17. The zero-order valence-electron chi connectivity index (χ0n) is 13.6. The van der Waals surface area contributed by atoms with E-state index in [9.17, 15) is 0 Å². The van der Waals surface area contributed by atoms with E-state index in [4.69, 9.17) is 10.9 Å². The molecule has 0 radical (unpaired) electrons. The Balaban J connectivity index is 2.14. The molecule has 0 saturated heterocycles. The van der Waals surface area contributed by atoms with Gasteiger partial charge in [-0.25, -0.2) is 0 Å². The van der Waals surface area contributed by atoms with Crippen molar-refractivity contribution in [2.75, 3.05) is 27.2 Å². The highest BCUT2D eigenvalue weighted by molar-refractivity contribution is 5.85. The van der Waals surface area contributed by atoms with Gasteiger partial charge in [-0.15, -0.1) is 0 Å². The zero-order chi connectivity index (χ0) is 15.2. The van der Waals surface area contributed by atoms with Crippen LogP contribution in [0.25, 0.3) is 0 Å². The van der Waals surface area contributed by atoms with Gasteiger partial charge in [-0.05, 0) is 52.7 Å². The molecule has 118 valence electrons. The smallest absolute Gasteiger partial charge is 0.144 e. The van der Waals surface area contributed by atoms with Crippen LogP contribution in [0.2, 0.25) is 0 Å². The van der Waals surface area contributed by atoms with Gasteiger partial charge < -0.3 is 21.2 Å². The van der Waals surface area contributed by atoms with E-state index in [0.717, 1.165) is 32.4 Å². The van der Waals surface area contributed by atoms with Crippen molar-refractivity contribution in [3.05, 3.63) is 0 Å². The lowest BCUT2D eigenvalue weighted by atomic mass is 9.75. The number of hydrogen-bond donors (Lipinski definition) is 3. The van der Waals surface area contributed by atoms with Crippen LogP contribution < -0.4 is 11.1 Å². The molecule has 20 heavy (non-hydrogen) atoms. The minimum absolute atomic E-state index is 0.215. The van der Waals surface area contributed by atoms with Gasteiger partial charge in [0.1, 0.15) is 5.84 Å². The summed E-state index contributed by atoms with van der Waals surface area (Å²) in [6.07, 6.45) is 7.14.